The number of esters is 1. The number of ether oxygens (including phenoxy) is 1. The molecule has 3 heteroatoms. The molecule has 3 nitrogen and oxygen atoms in total. The molecule has 0 aliphatic carbocycles. The zero-order valence-electron chi connectivity index (χ0n) is 16.4. The number of carbonyl (C=O) groups is 1. The van der Waals surface area contributed by atoms with Gasteiger partial charge in [-0.05, 0) is 42.1 Å². The van der Waals surface area contributed by atoms with Crippen LogP contribution in [-0.2, 0) is 9.53 Å². The lowest BCUT2D eigenvalue weighted by Crippen LogP contribution is -2.09. The van der Waals surface area contributed by atoms with Crippen LogP contribution in [0.2, 0.25) is 0 Å². The van der Waals surface area contributed by atoms with Gasteiger partial charge in [-0.15, -0.1) is 0 Å². The molecular formula is C26H20O3. The maximum atomic E-state index is 12.1. The number of carbonyl (C=O) groups excluding carboxylic acids is 1. The summed E-state index contributed by atoms with van der Waals surface area (Å²) in [6.07, 6.45) is -0.460. The molecule has 0 amide bonds. The van der Waals surface area contributed by atoms with Crippen molar-refractivity contribution in [2.75, 3.05) is 0 Å². The maximum Gasteiger partial charge on any atom is 0.333 e. The molecule has 142 valence electrons. The summed E-state index contributed by atoms with van der Waals surface area (Å²) < 4.78 is 12.1. The third-order valence-electron chi connectivity index (χ3n) is 5.45. The minimum Gasteiger partial charge on any atom is -0.455 e. The van der Waals surface area contributed by atoms with Gasteiger partial charge in [0.2, 0.25) is 0 Å². The van der Waals surface area contributed by atoms with Crippen molar-refractivity contribution in [2.24, 2.45) is 0 Å². The molecule has 0 aliphatic rings. The van der Waals surface area contributed by atoms with Crippen LogP contribution < -0.4 is 0 Å². The van der Waals surface area contributed by atoms with Gasteiger partial charge in [-0.3, -0.25) is 0 Å². The Labute approximate surface area is 168 Å². The molecule has 1 heterocycles. The quantitative estimate of drug-likeness (QED) is 0.248. The van der Waals surface area contributed by atoms with Gasteiger partial charge in [-0.2, -0.15) is 0 Å². The summed E-state index contributed by atoms with van der Waals surface area (Å²) >= 11 is 0. The first-order valence-corrected chi connectivity index (χ1v) is 9.66. The molecule has 1 aromatic heterocycles. The Kier molecular flexibility index (Phi) is 3.92. The largest absolute Gasteiger partial charge is 0.455 e. The van der Waals surface area contributed by atoms with E-state index >= 15 is 0 Å². The maximum absolute atomic E-state index is 12.1. The molecule has 0 saturated carbocycles. The van der Waals surface area contributed by atoms with Gasteiger partial charge in [0.05, 0.1) is 0 Å². The fourth-order valence-corrected chi connectivity index (χ4v) is 4.01. The van der Waals surface area contributed by atoms with E-state index in [1.807, 2.05) is 31.2 Å². The summed E-state index contributed by atoms with van der Waals surface area (Å²) in [5, 5.41) is 6.53. The Hall–Kier alpha value is -3.59. The predicted octanol–water partition coefficient (Wildman–Crippen LogP) is 7.07. The number of benzene rings is 4. The highest BCUT2D eigenvalue weighted by molar-refractivity contribution is 6.23. The lowest BCUT2D eigenvalue weighted by molar-refractivity contribution is -0.143. The van der Waals surface area contributed by atoms with Crippen molar-refractivity contribution in [1.29, 1.82) is 0 Å². The summed E-state index contributed by atoms with van der Waals surface area (Å²) in [6, 6.07) is 22.7. The van der Waals surface area contributed by atoms with Crippen LogP contribution >= 0.6 is 0 Å². The molecule has 0 bridgehead atoms. The van der Waals surface area contributed by atoms with E-state index in [0.29, 0.717) is 5.57 Å². The highest BCUT2D eigenvalue weighted by Gasteiger charge is 2.22. The van der Waals surface area contributed by atoms with E-state index in [2.05, 4.69) is 49.0 Å². The number of furan rings is 1. The predicted molar refractivity (Wildman–Crippen MR) is 118 cm³/mol. The average Bonchev–Trinajstić information content (AvgIpc) is 3.13. The van der Waals surface area contributed by atoms with E-state index in [0.717, 1.165) is 49.0 Å². The molecule has 5 aromatic rings. The molecule has 5 rings (SSSR count). The van der Waals surface area contributed by atoms with Crippen LogP contribution in [0.5, 0.6) is 0 Å². The molecule has 1 unspecified atom stereocenters. The second-order valence-electron chi connectivity index (χ2n) is 7.48. The number of rotatable bonds is 3. The molecule has 0 spiro atoms. The first kappa shape index (κ1) is 17.5. The fourth-order valence-electron chi connectivity index (χ4n) is 4.01. The lowest BCUT2D eigenvalue weighted by Gasteiger charge is -2.15. The van der Waals surface area contributed by atoms with Crippen LogP contribution in [0.1, 0.15) is 25.5 Å². The third kappa shape index (κ3) is 2.70. The van der Waals surface area contributed by atoms with Crippen molar-refractivity contribution in [3.05, 3.63) is 84.4 Å². The Morgan fingerprint density at radius 2 is 1.59 bits per heavy atom. The molecule has 1 atom stereocenters. The summed E-state index contributed by atoms with van der Waals surface area (Å²) in [4.78, 5) is 12.1. The summed E-state index contributed by atoms with van der Waals surface area (Å²) in [5.41, 5.74) is 2.85. The standard InChI is InChI=1S/C26H20O3/c1-15(2)26(27)28-16(3)22-14-18-9-5-6-10-19(18)23-21-13-12-17-8-4-7-11-20(17)24(21)29-25(22)23/h4-14,16H,1H2,2-3H3. The minimum atomic E-state index is -0.460. The van der Waals surface area contributed by atoms with Crippen LogP contribution in [0.15, 0.2) is 83.3 Å². The van der Waals surface area contributed by atoms with Crippen molar-refractivity contribution in [3.8, 4) is 0 Å². The van der Waals surface area contributed by atoms with Crippen LogP contribution in [0.3, 0.4) is 0 Å². The zero-order valence-corrected chi connectivity index (χ0v) is 16.4. The molecule has 4 aromatic carbocycles. The molecular weight excluding hydrogens is 360 g/mol. The normalized spacial score (nSPS) is 12.6. The van der Waals surface area contributed by atoms with Crippen LogP contribution in [0.25, 0.3) is 43.5 Å². The van der Waals surface area contributed by atoms with Crippen molar-refractivity contribution in [2.45, 2.75) is 20.0 Å². The molecule has 0 saturated heterocycles. The van der Waals surface area contributed by atoms with E-state index in [9.17, 15) is 4.79 Å². The van der Waals surface area contributed by atoms with Gasteiger partial charge in [0, 0.05) is 27.3 Å². The van der Waals surface area contributed by atoms with Crippen LogP contribution in [0, 0.1) is 0 Å². The van der Waals surface area contributed by atoms with E-state index in [1.54, 1.807) is 6.92 Å². The Morgan fingerprint density at radius 1 is 0.897 bits per heavy atom. The topological polar surface area (TPSA) is 39.4 Å². The Bertz CT molecular complexity index is 1440. The smallest absolute Gasteiger partial charge is 0.333 e. The van der Waals surface area contributed by atoms with E-state index < -0.39 is 12.1 Å². The minimum absolute atomic E-state index is 0.379. The van der Waals surface area contributed by atoms with Gasteiger partial charge in [-0.25, -0.2) is 4.79 Å². The average molecular weight is 380 g/mol. The first-order valence-electron chi connectivity index (χ1n) is 9.66. The van der Waals surface area contributed by atoms with Gasteiger partial charge in [0.1, 0.15) is 17.3 Å². The number of hydrogen-bond acceptors (Lipinski definition) is 3. The van der Waals surface area contributed by atoms with Gasteiger partial charge in [0.15, 0.2) is 0 Å². The van der Waals surface area contributed by atoms with Crippen LogP contribution in [0.4, 0.5) is 0 Å². The third-order valence-corrected chi connectivity index (χ3v) is 5.45. The number of fused-ring (bicyclic) bond motifs is 7. The highest BCUT2D eigenvalue weighted by atomic mass is 16.5. The van der Waals surface area contributed by atoms with Crippen molar-refractivity contribution < 1.29 is 13.9 Å². The summed E-state index contributed by atoms with van der Waals surface area (Å²) in [6.45, 7) is 7.21. The lowest BCUT2D eigenvalue weighted by atomic mass is 9.97. The molecule has 0 N–H and O–H groups in total. The van der Waals surface area contributed by atoms with E-state index in [-0.39, 0.29) is 0 Å². The SMILES string of the molecule is C=C(C)C(=O)OC(C)c1cc2ccccc2c2c1oc1c3ccccc3ccc12. The Morgan fingerprint density at radius 3 is 2.34 bits per heavy atom. The van der Waals surface area contributed by atoms with Gasteiger partial charge in [0.25, 0.3) is 0 Å². The van der Waals surface area contributed by atoms with Crippen molar-refractivity contribution >= 4 is 49.5 Å². The molecule has 29 heavy (non-hydrogen) atoms. The molecule has 0 fully saturated rings. The molecule has 0 aliphatic heterocycles. The second kappa shape index (κ2) is 6.49. The molecule has 0 radical (unpaired) electrons. The summed E-state index contributed by atoms with van der Waals surface area (Å²) in [5.74, 6) is -0.402. The van der Waals surface area contributed by atoms with Gasteiger partial charge in [-0.1, -0.05) is 61.2 Å². The monoisotopic (exact) mass is 380 g/mol. The van der Waals surface area contributed by atoms with Gasteiger partial charge >= 0.3 is 5.97 Å². The first-order chi connectivity index (χ1) is 14.0. The van der Waals surface area contributed by atoms with E-state index in [1.165, 1.54) is 0 Å². The van der Waals surface area contributed by atoms with Crippen molar-refractivity contribution in [1.82, 2.24) is 0 Å². The van der Waals surface area contributed by atoms with E-state index in [4.69, 9.17) is 9.15 Å². The second-order valence-corrected chi connectivity index (χ2v) is 7.48. The Balaban J connectivity index is 1.88. The van der Waals surface area contributed by atoms with Gasteiger partial charge < -0.3 is 9.15 Å². The zero-order chi connectivity index (χ0) is 20.1. The number of hydrogen-bond donors (Lipinski definition) is 0. The van der Waals surface area contributed by atoms with Crippen molar-refractivity contribution in [3.63, 3.8) is 0 Å². The fraction of sp³-hybridized carbons (Fsp3) is 0.115. The van der Waals surface area contributed by atoms with Crippen LogP contribution in [-0.4, -0.2) is 5.97 Å². The highest BCUT2D eigenvalue weighted by Crippen LogP contribution is 2.41. The summed E-state index contributed by atoms with van der Waals surface area (Å²) in [7, 11) is 0.